The van der Waals surface area contributed by atoms with Gasteiger partial charge in [0.2, 0.25) is 5.88 Å². The summed E-state index contributed by atoms with van der Waals surface area (Å²) in [6, 6.07) is 2.76. The molecule has 0 aliphatic carbocycles. The van der Waals surface area contributed by atoms with Gasteiger partial charge in [-0.3, -0.25) is 0 Å². The van der Waals surface area contributed by atoms with E-state index < -0.39 is 24.3 Å². The van der Waals surface area contributed by atoms with Crippen LogP contribution in [-0.4, -0.2) is 30.0 Å². The number of nitrogens with zero attached hydrogens (tertiary/aromatic N) is 1. The van der Waals surface area contributed by atoms with E-state index in [2.05, 4.69) is 15.0 Å². The lowest BCUT2D eigenvalue weighted by Gasteiger charge is -2.24. The van der Waals surface area contributed by atoms with Gasteiger partial charge in [0.25, 0.3) is 6.10 Å². The lowest BCUT2D eigenvalue weighted by Crippen LogP contribution is -2.46. The quantitative estimate of drug-likeness (QED) is 0.645. The summed E-state index contributed by atoms with van der Waals surface area (Å²) in [5.74, 6) is -0.680. The van der Waals surface area contributed by atoms with Gasteiger partial charge in [0, 0.05) is 18.3 Å². The number of hydrogen-bond acceptors (Lipinski definition) is 3. The van der Waals surface area contributed by atoms with Crippen LogP contribution in [0.4, 0.5) is 26.3 Å². The largest absolute Gasteiger partial charge is 0.454 e. The summed E-state index contributed by atoms with van der Waals surface area (Å²) < 4.78 is 78.8. The van der Waals surface area contributed by atoms with Crippen molar-refractivity contribution in [1.82, 2.24) is 10.3 Å². The van der Waals surface area contributed by atoms with Crippen LogP contribution < -0.4 is 10.1 Å². The van der Waals surface area contributed by atoms with Crippen LogP contribution in [0.25, 0.3) is 0 Å². The Labute approximate surface area is 117 Å². The van der Waals surface area contributed by atoms with Crippen LogP contribution >= 0.6 is 0 Å². The maximum atomic E-state index is 12.5. The van der Waals surface area contributed by atoms with Gasteiger partial charge in [-0.25, -0.2) is 4.98 Å². The van der Waals surface area contributed by atoms with E-state index >= 15 is 0 Å². The van der Waals surface area contributed by atoms with Crippen molar-refractivity contribution in [1.29, 1.82) is 0 Å². The van der Waals surface area contributed by atoms with Crippen LogP contribution in [0.1, 0.15) is 18.9 Å². The molecule has 0 atom stereocenters. The minimum absolute atomic E-state index is 0.0689. The van der Waals surface area contributed by atoms with Gasteiger partial charge in [-0.05, 0) is 19.0 Å². The SMILES string of the molecule is CCCNCc1cccnc1OC(C(F)(F)F)C(F)(F)F. The maximum Gasteiger partial charge on any atom is 0.434 e. The zero-order chi connectivity index (χ0) is 16.1. The zero-order valence-corrected chi connectivity index (χ0v) is 11.1. The summed E-state index contributed by atoms with van der Waals surface area (Å²) in [6.07, 6.45) is -13.2. The first-order valence-electron chi connectivity index (χ1n) is 6.11. The normalized spacial score (nSPS) is 12.8. The Morgan fingerprint density at radius 1 is 1.19 bits per heavy atom. The molecule has 0 bridgehead atoms. The highest BCUT2D eigenvalue weighted by Crippen LogP contribution is 2.36. The number of ether oxygens (including phenoxy) is 1. The fourth-order valence-corrected chi connectivity index (χ4v) is 1.50. The minimum atomic E-state index is -5.57. The Morgan fingerprint density at radius 2 is 1.81 bits per heavy atom. The summed E-state index contributed by atoms with van der Waals surface area (Å²) in [6.45, 7) is 2.51. The highest BCUT2D eigenvalue weighted by molar-refractivity contribution is 5.25. The molecule has 21 heavy (non-hydrogen) atoms. The smallest absolute Gasteiger partial charge is 0.434 e. The molecule has 0 radical (unpaired) electrons. The Morgan fingerprint density at radius 3 is 2.33 bits per heavy atom. The van der Waals surface area contributed by atoms with Crippen molar-refractivity contribution in [2.24, 2.45) is 0 Å². The number of halogens is 6. The van der Waals surface area contributed by atoms with Crippen LogP contribution in [0.2, 0.25) is 0 Å². The third kappa shape index (κ3) is 5.41. The molecule has 9 heteroatoms. The van der Waals surface area contributed by atoms with E-state index in [0.717, 1.165) is 12.6 Å². The molecule has 1 N–H and O–H groups in total. The van der Waals surface area contributed by atoms with Crippen LogP contribution in [0.3, 0.4) is 0 Å². The zero-order valence-electron chi connectivity index (χ0n) is 11.1. The van der Waals surface area contributed by atoms with Crippen LogP contribution in [0.5, 0.6) is 5.88 Å². The highest BCUT2D eigenvalue weighted by atomic mass is 19.4. The van der Waals surface area contributed by atoms with Crippen molar-refractivity contribution in [3.05, 3.63) is 23.9 Å². The van der Waals surface area contributed by atoms with E-state index in [9.17, 15) is 26.3 Å². The Hall–Kier alpha value is -1.51. The van der Waals surface area contributed by atoms with Crippen molar-refractivity contribution in [2.75, 3.05) is 6.54 Å². The molecule has 0 aliphatic rings. The van der Waals surface area contributed by atoms with Crippen molar-refractivity contribution in [2.45, 2.75) is 38.3 Å². The second-order valence-electron chi connectivity index (χ2n) is 4.23. The lowest BCUT2D eigenvalue weighted by atomic mass is 10.2. The van der Waals surface area contributed by atoms with Crippen molar-refractivity contribution in [3.63, 3.8) is 0 Å². The first-order valence-corrected chi connectivity index (χ1v) is 6.11. The van der Waals surface area contributed by atoms with Gasteiger partial charge in [-0.15, -0.1) is 0 Å². The molecule has 0 unspecified atom stereocenters. The fraction of sp³-hybridized carbons (Fsp3) is 0.583. The van der Waals surface area contributed by atoms with E-state index in [1.165, 1.54) is 12.1 Å². The highest BCUT2D eigenvalue weighted by Gasteiger charge is 2.59. The van der Waals surface area contributed by atoms with E-state index in [1.807, 2.05) is 6.92 Å². The van der Waals surface area contributed by atoms with Crippen molar-refractivity contribution < 1.29 is 31.1 Å². The second-order valence-corrected chi connectivity index (χ2v) is 4.23. The third-order valence-corrected chi connectivity index (χ3v) is 2.42. The number of hydrogen-bond donors (Lipinski definition) is 1. The molecule has 1 rings (SSSR count). The number of nitrogens with one attached hydrogen (secondary N) is 1. The van der Waals surface area contributed by atoms with Crippen molar-refractivity contribution >= 4 is 0 Å². The first kappa shape index (κ1) is 17.5. The Bertz CT molecular complexity index is 432. The average Bonchev–Trinajstić information content (AvgIpc) is 2.35. The molecule has 0 fully saturated rings. The van der Waals surface area contributed by atoms with Gasteiger partial charge in [-0.1, -0.05) is 13.0 Å². The van der Waals surface area contributed by atoms with Gasteiger partial charge in [0.15, 0.2) is 0 Å². The van der Waals surface area contributed by atoms with Crippen LogP contribution in [0, 0.1) is 0 Å². The van der Waals surface area contributed by atoms with Crippen LogP contribution in [0.15, 0.2) is 18.3 Å². The number of alkyl halides is 6. The molecular formula is C12H14F6N2O. The lowest BCUT2D eigenvalue weighted by molar-refractivity contribution is -0.300. The predicted molar refractivity (Wildman–Crippen MR) is 62.8 cm³/mol. The molecule has 0 spiro atoms. The molecule has 0 amide bonds. The summed E-state index contributed by atoms with van der Waals surface area (Å²) in [5.41, 5.74) is 0.129. The topological polar surface area (TPSA) is 34.2 Å². The molecule has 1 aromatic heterocycles. The molecule has 0 aromatic carbocycles. The first-order chi connectivity index (χ1) is 9.66. The second kappa shape index (κ2) is 6.97. The maximum absolute atomic E-state index is 12.5. The monoisotopic (exact) mass is 316 g/mol. The molecule has 0 saturated carbocycles. The van der Waals surface area contributed by atoms with E-state index in [4.69, 9.17) is 0 Å². The molecule has 1 aromatic rings. The summed E-state index contributed by atoms with van der Waals surface area (Å²) in [4.78, 5) is 3.46. The third-order valence-electron chi connectivity index (χ3n) is 2.42. The fourth-order valence-electron chi connectivity index (χ4n) is 1.50. The van der Waals surface area contributed by atoms with Gasteiger partial charge >= 0.3 is 12.4 Å². The number of aromatic nitrogens is 1. The van der Waals surface area contributed by atoms with Gasteiger partial charge in [0.1, 0.15) is 0 Å². The van der Waals surface area contributed by atoms with E-state index in [0.29, 0.717) is 6.54 Å². The minimum Gasteiger partial charge on any atom is -0.454 e. The van der Waals surface area contributed by atoms with Gasteiger partial charge < -0.3 is 10.1 Å². The Kier molecular flexibility index (Phi) is 5.82. The number of rotatable bonds is 6. The van der Waals surface area contributed by atoms with Gasteiger partial charge in [-0.2, -0.15) is 26.3 Å². The summed E-state index contributed by atoms with van der Waals surface area (Å²) in [5, 5.41) is 2.86. The molecule has 0 saturated heterocycles. The van der Waals surface area contributed by atoms with Gasteiger partial charge in [0.05, 0.1) is 0 Å². The molecule has 120 valence electrons. The summed E-state index contributed by atoms with van der Waals surface area (Å²) in [7, 11) is 0. The van der Waals surface area contributed by atoms with Crippen LogP contribution in [-0.2, 0) is 6.54 Å². The average molecular weight is 316 g/mol. The number of pyridine rings is 1. The molecular weight excluding hydrogens is 302 g/mol. The van der Waals surface area contributed by atoms with E-state index in [-0.39, 0.29) is 12.1 Å². The molecule has 0 aliphatic heterocycles. The van der Waals surface area contributed by atoms with E-state index in [1.54, 1.807) is 0 Å². The summed E-state index contributed by atoms with van der Waals surface area (Å²) >= 11 is 0. The Balaban J connectivity index is 2.94. The standard InChI is InChI=1S/C12H14F6N2O/c1-2-5-19-7-8-4-3-6-20-9(8)21-10(11(13,14)15)12(16,17)18/h3-4,6,10,19H,2,5,7H2,1H3. The molecule has 3 nitrogen and oxygen atoms in total. The van der Waals surface area contributed by atoms with Crippen molar-refractivity contribution in [3.8, 4) is 5.88 Å². The predicted octanol–water partition coefficient (Wildman–Crippen LogP) is 3.45. The molecule has 1 heterocycles.